The third-order valence-corrected chi connectivity index (χ3v) is 2.70. The largest absolute Gasteiger partial charge is 0.469 e. The molecule has 4 nitrogen and oxygen atoms in total. The van der Waals surface area contributed by atoms with Gasteiger partial charge < -0.3 is 9.64 Å². The van der Waals surface area contributed by atoms with Crippen LogP contribution in [0.1, 0.15) is 23.7 Å². The van der Waals surface area contributed by atoms with Crippen LogP contribution in [0.15, 0.2) is 12.1 Å². The average Bonchev–Trinajstić information content (AvgIpc) is 2.37. The minimum atomic E-state index is -1.27. The first-order chi connectivity index (χ1) is 9.40. The van der Waals surface area contributed by atoms with E-state index in [0.29, 0.717) is 12.1 Å². The van der Waals surface area contributed by atoms with Crippen molar-refractivity contribution in [2.75, 3.05) is 20.2 Å². The third kappa shape index (κ3) is 3.72. The van der Waals surface area contributed by atoms with Crippen molar-refractivity contribution in [3.8, 4) is 0 Å². The van der Waals surface area contributed by atoms with Crippen LogP contribution in [-0.4, -0.2) is 37.0 Å². The normalized spacial score (nSPS) is 10.2. The Balaban J connectivity index is 2.94. The van der Waals surface area contributed by atoms with Crippen molar-refractivity contribution < 1.29 is 27.5 Å². The average molecular weight is 289 g/mol. The minimum Gasteiger partial charge on any atom is -0.469 e. The molecule has 1 rings (SSSR count). The Bertz CT molecular complexity index is 497. The number of benzene rings is 1. The van der Waals surface area contributed by atoms with Crippen molar-refractivity contribution in [2.24, 2.45) is 0 Å². The molecular formula is C13H14F3NO3. The number of carbonyl (C=O) groups is 2. The van der Waals surface area contributed by atoms with E-state index in [1.807, 2.05) is 0 Å². The van der Waals surface area contributed by atoms with Crippen LogP contribution in [0.5, 0.6) is 0 Å². The molecule has 1 aromatic carbocycles. The van der Waals surface area contributed by atoms with Crippen LogP contribution in [0.2, 0.25) is 0 Å². The maximum atomic E-state index is 13.5. The highest BCUT2D eigenvalue weighted by atomic mass is 19.1. The van der Waals surface area contributed by atoms with Gasteiger partial charge in [0.15, 0.2) is 0 Å². The van der Waals surface area contributed by atoms with Gasteiger partial charge in [0.25, 0.3) is 5.91 Å². The summed E-state index contributed by atoms with van der Waals surface area (Å²) < 4.78 is 44.2. The number of halogens is 3. The van der Waals surface area contributed by atoms with Gasteiger partial charge in [-0.15, -0.1) is 0 Å². The van der Waals surface area contributed by atoms with E-state index in [0.717, 1.165) is 4.90 Å². The Labute approximate surface area is 114 Å². The monoisotopic (exact) mass is 289 g/mol. The molecule has 0 atom stereocenters. The fourth-order valence-electron chi connectivity index (χ4n) is 1.64. The van der Waals surface area contributed by atoms with Gasteiger partial charge in [-0.05, 0) is 6.92 Å². The van der Waals surface area contributed by atoms with Gasteiger partial charge in [-0.25, -0.2) is 13.2 Å². The molecule has 0 aliphatic carbocycles. The predicted octanol–water partition coefficient (Wildman–Crippen LogP) is 2.13. The number of carbonyl (C=O) groups excluding carboxylic acids is 2. The number of ether oxygens (including phenoxy) is 1. The van der Waals surface area contributed by atoms with Gasteiger partial charge in [0, 0.05) is 25.2 Å². The van der Waals surface area contributed by atoms with Crippen LogP contribution < -0.4 is 0 Å². The molecule has 7 heteroatoms. The molecule has 20 heavy (non-hydrogen) atoms. The SMILES string of the molecule is CCN(CCC(=O)OC)C(=O)c1c(F)cc(F)cc1F. The maximum Gasteiger partial charge on any atom is 0.307 e. The topological polar surface area (TPSA) is 46.6 Å². The molecule has 0 fully saturated rings. The Hall–Kier alpha value is -2.05. The molecule has 0 aromatic heterocycles. The first-order valence-electron chi connectivity index (χ1n) is 5.91. The lowest BCUT2D eigenvalue weighted by molar-refractivity contribution is -0.140. The van der Waals surface area contributed by atoms with Crippen LogP contribution in [-0.2, 0) is 9.53 Å². The van der Waals surface area contributed by atoms with Crippen molar-refractivity contribution in [3.63, 3.8) is 0 Å². The highest BCUT2D eigenvalue weighted by molar-refractivity contribution is 5.95. The van der Waals surface area contributed by atoms with Gasteiger partial charge in [-0.2, -0.15) is 0 Å². The molecular weight excluding hydrogens is 275 g/mol. The van der Waals surface area contributed by atoms with Crippen molar-refractivity contribution in [1.82, 2.24) is 4.90 Å². The highest BCUT2D eigenvalue weighted by Gasteiger charge is 2.23. The van der Waals surface area contributed by atoms with E-state index in [1.54, 1.807) is 6.92 Å². The first kappa shape index (κ1) is 16.0. The van der Waals surface area contributed by atoms with E-state index >= 15 is 0 Å². The van der Waals surface area contributed by atoms with Crippen molar-refractivity contribution in [1.29, 1.82) is 0 Å². The van der Waals surface area contributed by atoms with Crippen LogP contribution in [0.4, 0.5) is 13.2 Å². The summed E-state index contributed by atoms with van der Waals surface area (Å²) in [5.41, 5.74) is -0.835. The van der Waals surface area contributed by atoms with Crippen LogP contribution in [0.3, 0.4) is 0 Å². The number of hydrogen-bond acceptors (Lipinski definition) is 3. The molecule has 0 saturated carbocycles. The second-order valence-corrected chi connectivity index (χ2v) is 3.96. The second kappa shape index (κ2) is 6.93. The molecule has 0 saturated heterocycles. The lowest BCUT2D eigenvalue weighted by atomic mass is 10.1. The van der Waals surface area contributed by atoms with E-state index in [1.165, 1.54) is 7.11 Å². The fourth-order valence-corrected chi connectivity index (χ4v) is 1.64. The molecule has 0 radical (unpaired) electrons. The lowest BCUT2D eigenvalue weighted by Gasteiger charge is -2.20. The Morgan fingerprint density at radius 3 is 2.20 bits per heavy atom. The molecule has 1 aromatic rings. The quantitative estimate of drug-likeness (QED) is 0.780. The number of methoxy groups -OCH3 is 1. The highest BCUT2D eigenvalue weighted by Crippen LogP contribution is 2.17. The maximum absolute atomic E-state index is 13.5. The molecule has 0 aliphatic rings. The molecule has 0 N–H and O–H groups in total. The van der Waals surface area contributed by atoms with E-state index in [4.69, 9.17) is 0 Å². The summed E-state index contributed by atoms with van der Waals surface area (Å²) in [4.78, 5) is 24.1. The summed E-state index contributed by atoms with van der Waals surface area (Å²) in [6.45, 7) is 1.69. The Kier molecular flexibility index (Phi) is 5.54. The molecule has 0 unspecified atom stereocenters. The van der Waals surface area contributed by atoms with Crippen LogP contribution in [0.25, 0.3) is 0 Å². The zero-order valence-electron chi connectivity index (χ0n) is 11.1. The summed E-state index contributed by atoms with van der Waals surface area (Å²) >= 11 is 0. The number of rotatable bonds is 5. The zero-order valence-corrected chi connectivity index (χ0v) is 11.1. The Morgan fingerprint density at radius 2 is 1.75 bits per heavy atom. The lowest BCUT2D eigenvalue weighted by Crippen LogP contribution is -2.34. The molecule has 110 valence electrons. The second-order valence-electron chi connectivity index (χ2n) is 3.96. The zero-order chi connectivity index (χ0) is 15.3. The smallest absolute Gasteiger partial charge is 0.307 e. The van der Waals surface area contributed by atoms with Crippen molar-refractivity contribution in [2.45, 2.75) is 13.3 Å². The molecule has 0 heterocycles. The minimum absolute atomic E-state index is 0.0434. The van der Waals surface area contributed by atoms with Gasteiger partial charge in [0.2, 0.25) is 0 Å². The first-order valence-corrected chi connectivity index (χ1v) is 5.91. The van der Waals surface area contributed by atoms with Crippen LogP contribution in [0, 0.1) is 17.5 Å². The number of esters is 1. The summed E-state index contributed by atoms with van der Waals surface area (Å²) in [6.07, 6.45) is -0.0967. The standard InChI is InChI=1S/C13H14F3NO3/c1-3-17(5-4-11(18)20-2)13(19)12-9(15)6-8(14)7-10(12)16/h6-7H,3-5H2,1-2H3. The molecule has 0 bridgehead atoms. The molecule has 0 aliphatic heterocycles. The number of amides is 1. The number of nitrogens with zero attached hydrogens (tertiary/aromatic N) is 1. The van der Waals surface area contributed by atoms with E-state index in [9.17, 15) is 22.8 Å². The number of hydrogen-bond donors (Lipinski definition) is 0. The summed E-state index contributed by atoms with van der Waals surface area (Å²) in [5, 5.41) is 0. The van der Waals surface area contributed by atoms with Gasteiger partial charge in [-0.3, -0.25) is 9.59 Å². The van der Waals surface area contributed by atoms with Gasteiger partial charge in [-0.1, -0.05) is 0 Å². The van der Waals surface area contributed by atoms with E-state index in [2.05, 4.69) is 4.74 Å². The van der Waals surface area contributed by atoms with Crippen molar-refractivity contribution >= 4 is 11.9 Å². The van der Waals surface area contributed by atoms with Crippen molar-refractivity contribution in [3.05, 3.63) is 35.1 Å². The fraction of sp³-hybridized carbons (Fsp3) is 0.385. The van der Waals surface area contributed by atoms with Crippen LogP contribution >= 0.6 is 0 Å². The molecule has 1 amide bonds. The van der Waals surface area contributed by atoms with E-state index in [-0.39, 0.29) is 19.5 Å². The summed E-state index contributed by atoms with van der Waals surface area (Å²) in [7, 11) is 1.19. The third-order valence-electron chi connectivity index (χ3n) is 2.70. The van der Waals surface area contributed by atoms with Gasteiger partial charge >= 0.3 is 5.97 Å². The van der Waals surface area contributed by atoms with Gasteiger partial charge in [0.1, 0.15) is 23.0 Å². The van der Waals surface area contributed by atoms with E-state index < -0.39 is 34.9 Å². The predicted molar refractivity (Wildman–Crippen MR) is 64.5 cm³/mol. The Morgan fingerprint density at radius 1 is 1.20 bits per heavy atom. The molecule has 0 spiro atoms. The summed E-state index contributed by atoms with van der Waals surface area (Å²) in [5.74, 6) is -5.13. The summed E-state index contributed by atoms with van der Waals surface area (Å²) in [6, 6.07) is 0.870. The van der Waals surface area contributed by atoms with Gasteiger partial charge in [0.05, 0.1) is 13.5 Å².